The predicted octanol–water partition coefficient (Wildman–Crippen LogP) is 3.79. The Morgan fingerprint density at radius 2 is 1.40 bits per heavy atom. The molecule has 2 rings (SSSR count). The number of hydrogen-bond donors (Lipinski definition) is 3. The number of hydrogen-bond acceptors (Lipinski definition) is 3. The number of rotatable bonds is 6. The molecule has 6 nitrogen and oxygen atoms in total. The van der Waals surface area contributed by atoms with Crippen LogP contribution < -0.4 is 10.6 Å². The number of nitrogens with one attached hydrogen (secondary N) is 2. The fourth-order valence-electron chi connectivity index (χ4n) is 3.27. The number of anilines is 2. The van der Waals surface area contributed by atoms with Gasteiger partial charge in [-0.25, -0.2) is 0 Å². The van der Waals surface area contributed by atoms with Crippen LogP contribution in [0.3, 0.4) is 0 Å². The summed E-state index contributed by atoms with van der Waals surface area (Å²) in [4.78, 5) is 35.5. The number of carboxylic acid groups (broad SMARTS) is 1. The van der Waals surface area contributed by atoms with Gasteiger partial charge < -0.3 is 15.7 Å². The van der Waals surface area contributed by atoms with E-state index in [0.717, 1.165) is 25.7 Å². The summed E-state index contributed by atoms with van der Waals surface area (Å²) in [7, 11) is 0. The molecule has 0 unspecified atom stereocenters. The van der Waals surface area contributed by atoms with E-state index < -0.39 is 11.4 Å². The van der Waals surface area contributed by atoms with E-state index in [-0.39, 0.29) is 18.2 Å². The van der Waals surface area contributed by atoms with E-state index in [1.54, 1.807) is 31.2 Å². The first-order valence-corrected chi connectivity index (χ1v) is 8.88. The molecule has 0 aromatic heterocycles. The van der Waals surface area contributed by atoms with Gasteiger partial charge in [0.05, 0.1) is 5.41 Å². The molecule has 136 valence electrons. The summed E-state index contributed by atoms with van der Waals surface area (Å²) >= 11 is 0. The molecule has 0 bridgehead atoms. The molecule has 0 heterocycles. The molecule has 1 aliphatic carbocycles. The quantitative estimate of drug-likeness (QED) is 0.683. The molecule has 0 radical (unpaired) electrons. The van der Waals surface area contributed by atoms with Gasteiger partial charge in [-0.15, -0.1) is 0 Å². The maximum atomic E-state index is 12.4. The highest BCUT2D eigenvalue weighted by atomic mass is 16.4. The van der Waals surface area contributed by atoms with Gasteiger partial charge >= 0.3 is 5.97 Å². The largest absolute Gasteiger partial charge is 0.481 e. The molecule has 1 saturated carbocycles. The zero-order chi connectivity index (χ0) is 18.3. The van der Waals surface area contributed by atoms with Crippen LogP contribution >= 0.6 is 0 Å². The third-order valence-electron chi connectivity index (χ3n) is 4.79. The molecule has 0 aliphatic heterocycles. The lowest BCUT2D eigenvalue weighted by molar-refractivity contribution is -0.152. The predicted molar refractivity (Wildman–Crippen MR) is 96.4 cm³/mol. The van der Waals surface area contributed by atoms with Crippen LogP contribution in [0, 0.1) is 5.41 Å². The maximum Gasteiger partial charge on any atom is 0.310 e. The molecule has 1 fully saturated rings. The second-order valence-corrected chi connectivity index (χ2v) is 6.70. The Kier molecular flexibility index (Phi) is 6.56. The van der Waals surface area contributed by atoms with Gasteiger partial charge in [-0.2, -0.15) is 0 Å². The van der Waals surface area contributed by atoms with Gasteiger partial charge in [0, 0.05) is 24.2 Å². The number of amides is 2. The molecule has 3 N–H and O–H groups in total. The Hall–Kier alpha value is -2.37. The highest BCUT2D eigenvalue weighted by Crippen LogP contribution is 2.38. The van der Waals surface area contributed by atoms with E-state index in [2.05, 4.69) is 10.6 Å². The van der Waals surface area contributed by atoms with Gasteiger partial charge in [0.1, 0.15) is 0 Å². The van der Waals surface area contributed by atoms with Crippen molar-refractivity contribution in [2.75, 3.05) is 10.6 Å². The molecule has 0 saturated heterocycles. The van der Waals surface area contributed by atoms with Crippen LogP contribution in [0.1, 0.15) is 58.3 Å². The molecule has 25 heavy (non-hydrogen) atoms. The minimum absolute atomic E-state index is 0.00332. The van der Waals surface area contributed by atoms with Crippen molar-refractivity contribution in [2.45, 2.75) is 58.3 Å². The zero-order valence-electron chi connectivity index (χ0n) is 14.6. The monoisotopic (exact) mass is 346 g/mol. The van der Waals surface area contributed by atoms with Gasteiger partial charge in [-0.05, 0) is 37.1 Å². The van der Waals surface area contributed by atoms with Crippen molar-refractivity contribution in [2.24, 2.45) is 5.41 Å². The van der Waals surface area contributed by atoms with Gasteiger partial charge in [-0.3, -0.25) is 14.4 Å². The summed E-state index contributed by atoms with van der Waals surface area (Å²) in [6.45, 7) is 1.77. The van der Waals surface area contributed by atoms with Crippen LogP contribution in [0.2, 0.25) is 0 Å². The minimum Gasteiger partial charge on any atom is -0.481 e. The van der Waals surface area contributed by atoms with E-state index in [1.807, 2.05) is 0 Å². The second kappa shape index (κ2) is 8.65. The summed E-state index contributed by atoms with van der Waals surface area (Å²) in [5.74, 6) is -1.23. The van der Waals surface area contributed by atoms with Crippen LogP contribution in [-0.2, 0) is 14.4 Å². The summed E-state index contributed by atoms with van der Waals surface area (Å²) in [6.07, 6.45) is 5.27. The number of carbonyl (C=O) groups is 3. The SMILES string of the molecule is CCC(=O)Nc1ccc(NC(=O)CC2(C(=O)O)CCCCCC2)cc1. The van der Waals surface area contributed by atoms with Gasteiger partial charge in [0.15, 0.2) is 0 Å². The number of aliphatic carboxylic acids is 1. The van der Waals surface area contributed by atoms with Crippen molar-refractivity contribution in [3.8, 4) is 0 Å². The van der Waals surface area contributed by atoms with Gasteiger partial charge in [0.25, 0.3) is 0 Å². The van der Waals surface area contributed by atoms with E-state index in [9.17, 15) is 19.5 Å². The second-order valence-electron chi connectivity index (χ2n) is 6.70. The highest BCUT2D eigenvalue weighted by molar-refractivity contribution is 5.95. The van der Waals surface area contributed by atoms with E-state index in [0.29, 0.717) is 30.6 Å². The van der Waals surface area contributed by atoms with Crippen LogP contribution in [0.4, 0.5) is 11.4 Å². The molecule has 2 amide bonds. The van der Waals surface area contributed by atoms with Crippen LogP contribution in [0.5, 0.6) is 0 Å². The third kappa shape index (κ3) is 5.31. The summed E-state index contributed by atoms with van der Waals surface area (Å²) in [5, 5.41) is 15.2. The van der Waals surface area contributed by atoms with Crippen molar-refractivity contribution in [3.05, 3.63) is 24.3 Å². The van der Waals surface area contributed by atoms with Crippen molar-refractivity contribution >= 4 is 29.2 Å². The highest BCUT2D eigenvalue weighted by Gasteiger charge is 2.40. The van der Waals surface area contributed by atoms with E-state index in [4.69, 9.17) is 0 Å². The van der Waals surface area contributed by atoms with Crippen LogP contribution in [-0.4, -0.2) is 22.9 Å². The van der Waals surface area contributed by atoms with Gasteiger partial charge in [0.2, 0.25) is 11.8 Å². The Balaban J connectivity index is 1.98. The van der Waals surface area contributed by atoms with Crippen LogP contribution in [0.15, 0.2) is 24.3 Å². The first kappa shape index (κ1) is 19.0. The molecular formula is C19H26N2O4. The van der Waals surface area contributed by atoms with Crippen molar-refractivity contribution in [3.63, 3.8) is 0 Å². The summed E-state index contributed by atoms with van der Waals surface area (Å²) < 4.78 is 0. The zero-order valence-corrected chi connectivity index (χ0v) is 14.6. The van der Waals surface area contributed by atoms with Crippen molar-refractivity contribution < 1.29 is 19.5 Å². The first-order valence-electron chi connectivity index (χ1n) is 8.88. The fraction of sp³-hybridized carbons (Fsp3) is 0.526. The molecule has 1 aliphatic rings. The molecule has 1 aromatic rings. The Morgan fingerprint density at radius 1 is 0.920 bits per heavy atom. The lowest BCUT2D eigenvalue weighted by Gasteiger charge is -2.27. The van der Waals surface area contributed by atoms with E-state index in [1.165, 1.54) is 0 Å². The molecule has 1 aromatic carbocycles. The summed E-state index contributed by atoms with van der Waals surface area (Å²) in [6, 6.07) is 6.82. The van der Waals surface area contributed by atoms with E-state index >= 15 is 0 Å². The number of benzene rings is 1. The van der Waals surface area contributed by atoms with Gasteiger partial charge in [-0.1, -0.05) is 32.6 Å². The average molecular weight is 346 g/mol. The molecule has 0 spiro atoms. The Bertz CT molecular complexity index is 617. The molecule has 0 atom stereocenters. The first-order chi connectivity index (χ1) is 11.9. The molecular weight excluding hydrogens is 320 g/mol. The topological polar surface area (TPSA) is 95.5 Å². The maximum absolute atomic E-state index is 12.4. The average Bonchev–Trinajstić information content (AvgIpc) is 2.83. The third-order valence-corrected chi connectivity index (χ3v) is 4.79. The Morgan fingerprint density at radius 3 is 1.84 bits per heavy atom. The Labute approximate surface area is 148 Å². The molecule has 6 heteroatoms. The normalized spacial score (nSPS) is 16.5. The number of carbonyl (C=O) groups excluding carboxylic acids is 2. The van der Waals surface area contributed by atoms with Crippen LogP contribution in [0.25, 0.3) is 0 Å². The smallest absolute Gasteiger partial charge is 0.310 e. The fourth-order valence-corrected chi connectivity index (χ4v) is 3.27. The lowest BCUT2D eigenvalue weighted by Crippen LogP contribution is -2.35. The standard InChI is InChI=1S/C19H26N2O4/c1-2-16(22)20-14-7-9-15(10-8-14)21-17(23)13-19(18(24)25)11-5-3-4-6-12-19/h7-10H,2-6,11-13H2,1H3,(H,20,22)(H,21,23)(H,24,25). The summed E-state index contributed by atoms with van der Waals surface area (Å²) in [5.41, 5.74) is 0.305. The van der Waals surface area contributed by atoms with Crippen molar-refractivity contribution in [1.82, 2.24) is 0 Å². The van der Waals surface area contributed by atoms with Crippen molar-refractivity contribution in [1.29, 1.82) is 0 Å². The minimum atomic E-state index is -0.949. The number of carboxylic acids is 1. The lowest BCUT2D eigenvalue weighted by atomic mass is 9.77.